The molecule has 0 saturated heterocycles. The van der Waals surface area contributed by atoms with Gasteiger partial charge in [0.15, 0.2) is 11.0 Å². The molecular weight excluding hydrogens is 392 g/mol. The molecule has 1 heterocycles. The molecule has 0 aliphatic heterocycles. The summed E-state index contributed by atoms with van der Waals surface area (Å²) in [7, 11) is 0. The van der Waals surface area contributed by atoms with Crippen molar-refractivity contribution in [2.45, 2.75) is 58.2 Å². The first-order chi connectivity index (χ1) is 14.3. The van der Waals surface area contributed by atoms with E-state index in [1.54, 1.807) is 0 Å². The van der Waals surface area contributed by atoms with Crippen LogP contribution in [0.5, 0.6) is 0 Å². The number of hydrogen-bond donors (Lipinski definition) is 1. The number of anilines is 1. The number of carbonyl (C=O) groups is 1. The number of aryl methyl sites for hydroxylation is 1. The summed E-state index contributed by atoms with van der Waals surface area (Å²) in [6.07, 6.45) is 0.880. The molecule has 0 bridgehead atoms. The third kappa shape index (κ3) is 5.11. The zero-order valence-corrected chi connectivity index (χ0v) is 19.2. The molecule has 5 nitrogen and oxygen atoms in total. The van der Waals surface area contributed by atoms with Crippen LogP contribution in [0.1, 0.15) is 45.7 Å². The van der Waals surface area contributed by atoms with Crippen molar-refractivity contribution in [1.29, 1.82) is 0 Å². The maximum atomic E-state index is 12.5. The van der Waals surface area contributed by atoms with Gasteiger partial charge in [-0.2, -0.15) is 0 Å². The molecule has 1 aromatic heterocycles. The summed E-state index contributed by atoms with van der Waals surface area (Å²) in [4.78, 5) is 12.5. The van der Waals surface area contributed by atoms with Crippen LogP contribution in [0, 0.1) is 0 Å². The molecule has 0 radical (unpaired) electrons. The number of aromatic nitrogens is 3. The number of hydrogen-bond acceptors (Lipinski definition) is 4. The van der Waals surface area contributed by atoms with E-state index in [9.17, 15) is 4.79 Å². The Bertz CT molecular complexity index is 1000. The molecule has 3 aromatic rings. The second-order valence-electron chi connectivity index (χ2n) is 8.23. The Balaban J connectivity index is 1.71. The van der Waals surface area contributed by atoms with Crippen molar-refractivity contribution >= 4 is 23.4 Å². The first-order valence-corrected chi connectivity index (χ1v) is 11.4. The quantitative estimate of drug-likeness (QED) is 0.507. The SMILES string of the molecule is CCc1ccccc1NC(=O)CSc1nnc(-c2ccc(C(C)(C)C)cc2)n1CC. The second-order valence-corrected chi connectivity index (χ2v) is 9.17. The number of para-hydroxylation sites is 1. The van der Waals surface area contributed by atoms with E-state index >= 15 is 0 Å². The van der Waals surface area contributed by atoms with Crippen LogP contribution in [-0.4, -0.2) is 26.4 Å². The molecular formula is C24H30N4OS. The fraction of sp³-hybridized carbons (Fsp3) is 0.375. The van der Waals surface area contributed by atoms with Crippen LogP contribution in [0.2, 0.25) is 0 Å². The molecule has 0 atom stereocenters. The number of nitrogens with zero attached hydrogens (tertiary/aromatic N) is 3. The van der Waals surface area contributed by atoms with Crippen molar-refractivity contribution in [2.24, 2.45) is 0 Å². The molecule has 0 spiro atoms. The molecule has 0 unspecified atom stereocenters. The first-order valence-electron chi connectivity index (χ1n) is 10.4. The van der Waals surface area contributed by atoms with E-state index in [-0.39, 0.29) is 11.3 Å². The van der Waals surface area contributed by atoms with E-state index in [2.05, 4.69) is 79.0 Å². The standard InChI is InChI=1S/C24H30N4OS/c1-6-17-10-8-9-11-20(17)25-21(29)16-30-23-27-26-22(28(23)7-2)18-12-14-19(15-13-18)24(3,4)5/h8-15H,6-7,16H2,1-5H3,(H,25,29). The number of amides is 1. The van der Waals surface area contributed by atoms with Crippen molar-refractivity contribution in [3.63, 3.8) is 0 Å². The molecule has 6 heteroatoms. The average molecular weight is 423 g/mol. The summed E-state index contributed by atoms with van der Waals surface area (Å²) in [5.41, 5.74) is 4.44. The molecule has 1 amide bonds. The third-order valence-electron chi connectivity index (χ3n) is 5.05. The Labute approximate surface area is 183 Å². The lowest BCUT2D eigenvalue weighted by atomic mass is 9.87. The Hall–Kier alpha value is -2.60. The van der Waals surface area contributed by atoms with Gasteiger partial charge in [0.05, 0.1) is 5.75 Å². The number of benzene rings is 2. The molecule has 2 aromatic carbocycles. The van der Waals surface area contributed by atoms with Crippen molar-refractivity contribution in [2.75, 3.05) is 11.1 Å². The topological polar surface area (TPSA) is 59.8 Å². The zero-order valence-electron chi connectivity index (χ0n) is 18.4. The van der Waals surface area contributed by atoms with Crippen molar-refractivity contribution in [1.82, 2.24) is 14.8 Å². The average Bonchev–Trinajstić information content (AvgIpc) is 3.15. The monoisotopic (exact) mass is 422 g/mol. The van der Waals surface area contributed by atoms with Crippen LogP contribution in [0.3, 0.4) is 0 Å². The highest BCUT2D eigenvalue weighted by Gasteiger charge is 2.17. The fourth-order valence-electron chi connectivity index (χ4n) is 3.28. The van der Waals surface area contributed by atoms with Gasteiger partial charge in [-0.05, 0) is 36.0 Å². The summed E-state index contributed by atoms with van der Waals surface area (Å²) in [5, 5.41) is 12.5. The smallest absolute Gasteiger partial charge is 0.234 e. The van der Waals surface area contributed by atoms with E-state index in [0.717, 1.165) is 40.8 Å². The van der Waals surface area contributed by atoms with Crippen LogP contribution in [0.4, 0.5) is 5.69 Å². The van der Waals surface area contributed by atoms with Crippen molar-refractivity contribution in [3.8, 4) is 11.4 Å². The Kier molecular flexibility index (Phi) is 6.98. The number of thioether (sulfide) groups is 1. The molecule has 0 fully saturated rings. The van der Waals surface area contributed by atoms with Crippen LogP contribution >= 0.6 is 11.8 Å². The highest BCUT2D eigenvalue weighted by atomic mass is 32.2. The minimum absolute atomic E-state index is 0.0392. The van der Waals surface area contributed by atoms with Gasteiger partial charge in [0.1, 0.15) is 0 Å². The van der Waals surface area contributed by atoms with Gasteiger partial charge in [0.25, 0.3) is 0 Å². The highest BCUT2D eigenvalue weighted by molar-refractivity contribution is 7.99. The zero-order chi connectivity index (χ0) is 21.7. The fourth-order valence-corrected chi connectivity index (χ4v) is 4.08. The summed E-state index contributed by atoms with van der Waals surface area (Å²) in [5.74, 6) is 1.08. The summed E-state index contributed by atoms with van der Waals surface area (Å²) < 4.78 is 2.06. The predicted octanol–water partition coefficient (Wildman–Crippen LogP) is 5.56. The Morgan fingerprint density at radius 1 is 1.03 bits per heavy atom. The second kappa shape index (κ2) is 9.47. The van der Waals surface area contributed by atoms with E-state index in [1.807, 2.05) is 24.3 Å². The molecule has 0 aliphatic carbocycles. The van der Waals surface area contributed by atoms with Crippen LogP contribution in [-0.2, 0) is 23.2 Å². The van der Waals surface area contributed by atoms with Gasteiger partial charge in [0.2, 0.25) is 5.91 Å². The van der Waals surface area contributed by atoms with Crippen molar-refractivity contribution in [3.05, 3.63) is 59.7 Å². The minimum Gasteiger partial charge on any atom is -0.325 e. The van der Waals surface area contributed by atoms with Crippen molar-refractivity contribution < 1.29 is 4.79 Å². The molecule has 30 heavy (non-hydrogen) atoms. The largest absolute Gasteiger partial charge is 0.325 e. The van der Waals surface area contributed by atoms with E-state index in [1.165, 1.54) is 17.3 Å². The van der Waals surface area contributed by atoms with Gasteiger partial charge in [-0.3, -0.25) is 4.79 Å². The first kappa shape index (κ1) is 22.1. The molecule has 3 rings (SSSR count). The maximum absolute atomic E-state index is 12.5. The van der Waals surface area contributed by atoms with Gasteiger partial charge in [0, 0.05) is 17.8 Å². The van der Waals surface area contributed by atoms with E-state index < -0.39 is 0 Å². The Morgan fingerprint density at radius 2 is 1.73 bits per heavy atom. The molecule has 1 N–H and O–H groups in total. The minimum atomic E-state index is -0.0392. The highest BCUT2D eigenvalue weighted by Crippen LogP contribution is 2.28. The van der Waals surface area contributed by atoms with E-state index in [0.29, 0.717) is 5.75 Å². The number of nitrogens with one attached hydrogen (secondary N) is 1. The normalized spacial score (nSPS) is 11.5. The third-order valence-corrected chi connectivity index (χ3v) is 6.01. The van der Waals surface area contributed by atoms with Crippen LogP contribution in [0.25, 0.3) is 11.4 Å². The summed E-state index contributed by atoms with van der Waals surface area (Å²) in [6, 6.07) is 16.4. The van der Waals surface area contributed by atoms with Crippen LogP contribution < -0.4 is 5.32 Å². The van der Waals surface area contributed by atoms with E-state index in [4.69, 9.17) is 0 Å². The predicted molar refractivity (Wildman–Crippen MR) is 125 cm³/mol. The number of carbonyl (C=O) groups excluding carboxylic acids is 1. The van der Waals surface area contributed by atoms with Crippen LogP contribution in [0.15, 0.2) is 53.7 Å². The van der Waals surface area contributed by atoms with Gasteiger partial charge in [-0.15, -0.1) is 10.2 Å². The number of rotatable bonds is 7. The maximum Gasteiger partial charge on any atom is 0.234 e. The van der Waals surface area contributed by atoms with Gasteiger partial charge in [-0.25, -0.2) is 0 Å². The summed E-state index contributed by atoms with van der Waals surface area (Å²) in [6.45, 7) is 11.5. The van der Waals surface area contributed by atoms with Gasteiger partial charge >= 0.3 is 0 Å². The lowest BCUT2D eigenvalue weighted by Crippen LogP contribution is -2.15. The molecule has 0 aliphatic rings. The van der Waals surface area contributed by atoms with Gasteiger partial charge in [-0.1, -0.05) is 81.9 Å². The molecule has 158 valence electrons. The Morgan fingerprint density at radius 3 is 2.37 bits per heavy atom. The lowest BCUT2D eigenvalue weighted by molar-refractivity contribution is -0.113. The van der Waals surface area contributed by atoms with Gasteiger partial charge < -0.3 is 9.88 Å². The molecule has 0 saturated carbocycles. The summed E-state index contributed by atoms with van der Waals surface area (Å²) >= 11 is 1.41. The lowest BCUT2D eigenvalue weighted by Gasteiger charge is -2.19.